The van der Waals surface area contributed by atoms with Crippen molar-refractivity contribution in [3.63, 3.8) is 0 Å². The molecule has 3 saturated carbocycles. The van der Waals surface area contributed by atoms with E-state index in [9.17, 15) is 76.6 Å². The summed E-state index contributed by atoms with van der Waals surface area (Å²) < 4.78 is 48.0. The second-order valence-electron chi connectivity index (χ2n) is 26.1. The van der Waals surface area contributed by atoms with Crippen molar-refractivity contribution in [2.45, 2.75) is 267 Å². The fourth-order valence-corrected chi connectivity index (χ4v) is 15.8. The van der Waals surface area contributed by atoms with Crippen LogP contribution in [0.5, 0.6) is 0 Å². The van der Waals surface area contributed by atoms with E-state index in [-0.39, 0.29) is 40.9 Å². The standard InChI is InChI=1S/C55H94O23/c1-10-27-35(59)42(66)46(78-49-45(69)40(64)37(61)29(21-57)74-49)50(72-27)77-34(52(5,6)70)15-11-23(2)24-17-18-53(7)31-14-12-25-26(55(31,9)32(58)19-54(24,53)8)13-16-33(51(25,3)4)76-48-44(68)41(65)38(62)30(75-48)22-71-47-43(67)39(63)36(60)28(20-56)73-47/h12,23-24,26-50,56-70H,10-11,13-22H2,1-9H3. The Morgan fingerprint density at radius 1 is 0.615 bits per heavy atom. The van der Waals surface area contributed by atoms with E-state index in [0.29, 0.717) is 38.5 Å². The van der Waals surface area contributed by atoms with E-state index in [0.717, 1.165) is 18.4 Å². The third-order valence-electron chi connectivity index (χ3n) is 21.0. The number of rotatable bonds is 17. The van der Waals surface area contributed by atoms with Crippen molar-refractivity contribution in [3.8, 4) is 0 Å². The van der Waals surface area contributed by atoms with Crippen LogP contribution in [-0.4, -0.2) is 243 Å². The lowest BCUT2D eigenvalue weighted by Crippen LogP contribution is -2.65. The van der Waals surface area contributed by atoms with Crippen LogP contribution in [0.15, 0.2) is 11.6 Å². The largest absolute Gasteiger partial charge is 0.394 e. The first-order chi connectivity index (χ1) is 36.4. The van der Waals surface area contributed by atoms with E-state index in [1.165, 1.54) is 0 Å². The van der Waals surface area contributed by atoms with Crippen molar-refractivity contribution in [3.05, 3.63) is 11.6 Å². The highest BCUT2D eigenvalue weighted by molar-refractivity contribution is 5.32. The van der Waals surface area contributed by atoms with Crippen molar-refractivity contribution in [1.82, 2.24) is 0 Å². The first kappa shape index (κ1) is 62.9. The molecule has 23 heteroatoms. The molecular formula is C55H94O23. The second-order valence-corrected chi connectivity index (χ2v) is 26.1. The van der Waals surface area contributed by atoms with Crippen LogP contribution in [-0.2, 0) is 37.9 Å². The maximum Gasteiger partial charge on any atom is 0.187 e. The van der Waals surface area contributed by atoms with Gasteiger partial charge in [-0.05, 0) is 106 Å². The third kappa shape index (κ3) is 11.0. The molecular weight excluding hydrogens is 1030 g/mol. The third-order valence-corrected chi connectivity index (χ3v) is 21.0. The first-order valence-corrected chi connectivity index (χ1v) is 28.4. The molecule has 78 heavy (non-hydrogen) atoms. The van der Waals surface area contributed by atoms with Gasteiger partial charge in [-0.2, -0.15) is 0 Å². The highest BCUT2D eigenvalue weighted by atomic mass is 16.8. The average Bonchev–Trinajstić information content (AvgIpc) is 2.57. The molecule has 4 heterocycles. The lowest BCUT2D eigenvalue weighted by molar-refractivity contribution is -0.374. The summed E-state index contributed by atoms with van der Waals surface area (Å²) in [6.07, 6.45) is -24.8. The van der Waals surface area contributed by atoms with Gasteiger partial charge in [-0.25, -0.2) is 0 Å². The number of hydrogen-bond donors (Lipinski definition) is 15. The summed E-state index contributed by atoms with van der Waals surface area (Å²) in [5, 5.41) is 162. The quantitative estimate of drug-likeness (QED) is 0.0714. The van der Waals surface area contributed by atoms with Crippen LogP contribution in [0.2, 0.25) is 0 Å². The van der Waals surface area contributed by atoms with Gasteiger partial charge in [0, 0.05) is 10.8 Å². The van der Waals surface area contributed by atoms with E-state index in [1.807, 2.05) is 0 Å². The lowest BCUT2D eigenvalue weighted by atomic mass is 9.38. The Kier molecular flexibility index (Phi) is 19.1. The molecule has 0 spiro atoms. The summed E-state index contributed by atoms with van der Waals surface area (Å²) in [7, 11) is 0. The van der Waals surface area contributed by atoms with Gasteiger partial charge in [0.05, 0.1) is 49.8 Å². The van der Waals surface area contributed by atoms with Gasteiger partial charge in [0.15, 0.2) is 25.2 Å². The molecule has 15 N–H and O–H groups in total. The Morgan fingerprint density at radius 2 is 1.14 bits per heavy atom. The molecule has 0 aromatic rings. The van der Waals surface area contributed by atoms with Crippen LogP contribution in [0.25, 0.3) is 0 Å². The predicted octanol–water partition coefficient (Wildman–Crippen LogP) is -1.81. The smallest absolute Gasteiger partial charge is 0.187 e. The summed E-state index contributed by atoms with van der Waals surface area (Å²) in [5.41, 5.74) is -1.96. The molecule has 8 rings (SSSR count). The Morgan fingerprint density at radius 3 is 1.72 bits per heavy atom. The molecule has 8 aliphatic rings. The molecule has 30 unspecified atom stereocenters. The Bertz CT molecular complexity index is 2020. The molecule has 0 bridgehead atoms. The fraction of sp³-hybridized carbons (Fsp3) is 0.964. The van der Waals surface area contributed by atoms with E-state index in [2.05, 4.69) is 47.6 Å². The van der Waals surface area contributed by atoms with Crippen LogP contribution in [0.4, 0.5) is 0 Å². The van der Waals surface area contributed by atoms with Crippen molar-refractivity contribution in [2.75, 3.05) is 19.8 Å². The molecule has 0 amide bonds. The molecule has 0 aromatic carbocycles. The number of ether oxygens (including phenoxy) is 8. The minimum Gasteiger partial charge on any atom is -0.394 e. The van der Waals surface area contributed by atoms with Crippen LogP contribution < -0.4 is 0 Å². The van der Waals surface area contributed by atoms with Gasteiger partial charge in [-0.3, -0.25) is 0 Å². The van der Waals surface area contributed by atoms with Crippen LogP contribution in [0.1, 0.15) is 120 Å². The van der Waals surface area contributed by atoms with E-state index in [1.54, 1.807) is 20.8 Å². The van der Waals surface area contributed by atoms with Gasteiger partial charge >= 0.3 is 0 Å². The summed E-state index contributed by atoms with van der Waals surface area (Å²) in [6, 6.07) is 0. The van der Waals surface area contributed by atoms with E-state index in [4.69, 9.17) is 37.9 Å². The fourth-order valence-electron chi connectivity index (χ4n) is 15.8. The first-order valence-electron chi connectivity index (χ1n) is 28.4. The molecule has 0 radical (unpaired) electrons. The maximum absolute atomic E-state index is 12.7. The second kappa shape index (κ2) is 23.7. The zero-order chi connectivity index (χ0) is 57.5. The number of aliphatic hydroxyl groups excluding tert-OH is 14. The Labute approximate surface area is 457 Å². The summed E-state index contributed by atoms with van der Waals surface area (Å²) in [6.45, 7) is 16.4. The average molecular weight is 1120 g/mol. The monoisotopic (exact) mass is 1120 g/mol. The molecule has 7 fully saturated rings. The maximum atomic E-state index is 12.7. The molecule has 4 saturated heterocycles. The van der Waals surface area contributed by atoms with Gasteiger partial charge in [0.2, 0.25) is 0 Å². The minimum absolute atomic E-state index is 0.0182. The van der Waals surface area contributed by atoms with Crippen molar-refractivity contribution < 1.29 is 114 Å². The number of fused-ring (bicyclic) bond motifs is 5. The van der Waals surface area contributed by atoms with Gasteiger partial charge in [-0.15, -0.1) is 0 Å². The minimum atomic E-state index is -1.80. The SMILES string of the molecule is CCC1OC(OC(CCC(C)C2CCC3(C)C4CC=C5C(CCC(OC6OC(COC7OC(CO)C(O)C(O)C7O)C(O)C(O)C6O)C5(C)C)C4(C)C(O)CC23C)C(C)(C)O)C(OC2OC(CO)C(O)C(O)C2O)C(O)C1O. The van der Waals surface area contributed by atoms with E-state index < -0.39 is 177 Å². The van der Waals surface area contributed by atoms with Gasteiger partial charge in [-0.1, -0.05) is 60.1 Å². The van der Waals surface area contributed by atoms with Crippen molar-refractivity contribution in [2.24, 2.45) is 45.3 Å². The summed E-state index contributed by atoms with van der Waals surface area (Å²) >= 11 is 0. The summed E-state index contributed by atoms with van der Waals surface area (Å²) in [4.78, 5) is 0. The Balaban J connectivity index is 0.940. The van der Waals surface area contributed by atoms with Crippen LogP contribution >= 0.6 is 0 Å². The van der Waals surface area contributed by atoms with Crippen LogP contribution in [0.3, 0.4) is 0 Å². The molecule has 4 aliphatic heterocycles. The van der Waals surface area contributed by atoms with E-state index >= 15 is 0 Å². The highest BCUT2D eigenvalue weighted by Gasteiger charge is 2.70. The molecule has 23 nitrogen and oxygen atoms in total. The van der Waals surface area contributed by atoms with Gasteiger partial charge < -0.3 is 114 Å². The molecule has 452 valence electrons. The number of allylic oxidation sites excluding steroid dienone is 1. The summed E-state index contributed by atoms with van der Waals surface area (Å²) in [5.74, 6) is 0.345. The van der Waals surface area contributed by atoms with Gasteiger partial charge in [0.1, 0.15) is 91.6 Å². The predicted molar refractivity (Wildman–Crippen MR) is 271 cm³/mol. The molecule has 4 aliphatic carbocycles. The van der Waals surface area contributed by atoms with Crippen LogP contribution in [0, 0.1) is 45.3 Å². The molecule has 0 aromatic heterocycles. The highest BCUT2D eigenvalue weighted by Crippen LogP contribution is 2.75. The zero-order valence-electron chi connectivity index (χ0n) is 46.6. The lowest BCUT2D eigenvalue weighted by Gasteiger charge is -2.67. The topological polar surface area (TPSA) is 377 Å². The molecule has 30 atom stereocenters. The van der Waals surface area contributed by atoms with Crippen molar-refractivity contribution in [1.29, 1.82) is 0 Å². The van der Waals surface area contributed by atoms with Crippen molar-refractivity contribution >= 4 is 0 Å². The zero-order valence-corrected chi connectivity index (χ0v) is 46.6. The number of aliphatic hydroxyl groups is 15. The normalized spacial score (nSPS) is 51.4. The number of hydrogen-bond acceptors (Lipinski definition) is 23. The Hall–Kier alpha value is -1.18. The van der Waals surface area contributed by atoms with Gasteiger partial charge in [0.25, 0.3) is 0 Å².